The van der Waals surface area contributed by atoms with Crippen LogP contribution in [0.1, 0.15) is 16.7 Å². The lowest BCUT2D eigenvalue weighted by molar-refractivity contribution is -0.883. The summed E-state index contributed by atoms with van der Waals surface area (Å²) < 4.78 is 27.2. The second-order valence-corrected chi connectivity index (χ2v) is 7.46. The largest absolute Gasteiger partial charge is 0.335 e. The Hall–Kier alpha value is -0.910. The van der Waals surface area contributed by atoms with E-state index in [4.69, 9.17) is 0 Å². The summed E-state index contributed by atoms with van der Waals surface area (Å²) in [7, 11) is -1.24. The SMILES string of the molecule is Cc1cc(C)c(S(=O)(=O)N2CC[NH+](C)CC2)c(C)c1. The van der Waals surface area contributed by atoms with Crippen molar-refractivity contribution in [2.24, 2.45) is 0 Å². The number of nitrogens with zero attached hydrogens (tertiary/aromatic N) is 1. The van der Waals surface area contributed by atoms with Gasteiger partial charge in [0.1, 0.15) is 0 Å². The van der Waals surface area contributed by atoms with Crippen molar-refractivity contribution in [3.8, 4) is 0 Å². The van der Waals surface area contributed by atoms with Crippen LogP contribution in [0.2, 0.25) is 0 Å². The highest BCUT2D eigenvalue weighted by molar-refractivity contribution is 7.89. The first-order chi connectivity index (χ1) is 8.82. The Bertz CT molecular complexity index is 550. The topological polar surface area (TPSA) is 41.8 Å². The number of nitrogens with one attached hydrogen (secondary N) is 1. The van der Waals surface area contributed by atoms with Gasteiger partial charge in [0.15, 0.2) is 0 Å². The summed E-state index contributed by atoms with van der Waals surface area (Å²) in [5.74, 6) is 0. The van der Waals surface area contributed by atoms with Crippen molar-refractivity contribution in [1.82, 2.24) is 4.31 Å². The van der Waals surface area contributed by atoms with E-state index in [9.17, 15) is 8.42 Å². The van der Waals surface area contributed by atoms with Gasteiger partial charge in [-0.25, -0.2) is 8.42 Å². The maximum atomic E-state index is 12.8. The Morgan fingerprint density at radius 1 is 1.05 bits per heavy atom. The number of rotatable bonds is 2. The normalized spacial score (nSPS) is 18.7. The van der Waals surface area contributed by atoms with Crippen molar-refractivity contribution in [3.63, 3.8) is 0 Å². The number of benzene rings is 1. The zero-order valence-corrected chi connectivity index (χ0v) is 13.0. The summed E-state index contributed by atoms with van der Waals surface area (Å²) in [6.45, 7) is 8.74. The minimum Gasteiger partial charge on any atom is -0.335 e. The summed E-state index contributed by atoms with van der Waals surface area (Å²) in [4.78, 5) is 1.89. The van der Waals surface area contributed by atoms with Crippen LogP contribution in [0.15, 0.2) is 17.0 Å². The van der Waals surface area contributed by atoms with E-state index >= 15 is 0 Å². The van der Waals surface area contributed by atoms with Crippen LogP contribution in [0.5, 0.6) is 0 Å². The smallest absolute Gasteiger partial charge is 0.244 e. The Balaban J connectivity index is 2.40. The lowest BCUT2D eigenvalue weighted by Crippen LogP contribution is -3.12. The summed E-state index contributed by atoms with van der Waals surface area (Å²) >= 11 is 0. The van der Waals surface area contributed by atoms with E-state index in [1.807, 2.05) is 32.9 Å². The molecule has 0 atom stereocenters. The average Bonchev–Trinajstić information content (AvgIpc) is 2.27. The van der Waals surface area contributed by atoms with Gasteiger partial charge >= 0.3 is 0 Å². The molecule has 1 aliphatic rings. The fourth-order valence-corrected chi connectivity index (χ4v) is 4.66. The third-order valence-electron chi connectivity index (χ3n) is 3.78. The molecule has 1 aliphatic heterocycles. The third kappa shape index (κ3) is 2.83. The van der Waals surface area contributed by atoms with Crippen LogP contribution in [-0.4, -0.2) is 45.9 Å². The van der Waals surface area contributed by atoms with Crippen molar-refractivity contribution in [1.29, 1.82) is 0 Å². The standard InChI is InChI=1S/C14H22N2O2S/c1-11-9-12(2)14(13(3)10-11)19(17,18)16-7-5-15(4)6-8-16/h9-10H,5-8H2,1-4H3/p+1. The van der Waals surface area contributed by atoms with Gasteiger partial charge in [-0.1, -0.05) is 17.7 Å². The monoisotopic (exact) mass is 283 g/mol. The van der Waals surface area contributed by atoms with E-state index in [-0.39, 0.29) is 0 Å². The van der Waals surface area contributed by atoms with Crippen LogP contribution >= 0.6 is 0 Å². The molecule has 0 aliphatic carbocycles. The molecule has 4 nitrogen and oxygen atoms in total. The zero-order valence-electron chi connectivity index (χ0n) is 12.2. The Labute approximate surface area is 116 Å². The highest BCUT2D eigenvalue weighted by atomic mass is 32.2. The molecule has 106 valence electrons. The van der Waals surface area contributed by atoms with Crippen LogP contribution in [-0.2, 0) is 10.0 Å². The predicted octanol–water partition coefficient (Wildman–Crippen LogP) is 0.131. The molecule has 1 saturated heterocycles. The molecular formula is C14H23N2O2S+. The fraction of sp³-hybridized carbons (Fsp3) is 0.571. The first-order valence-electron chi connectivity index (χ1n) is 6.71. The maximum absolute atomic E-state index is 12.8. The molecule has 5 heteroatoms. The van der Waals surface area contributed by atoms with Gasteiger partial charge in [-0.3, -0.25) is 0 Å². The van der Waals surface area contributed by atoms with Crippen molar-refractivity contribution >= 4 is 10.0 Å². The average molecular weight is 283 g/mol. The second kappa shape index (κ2) is 5.23. The van der Waals surface area contributed by atoms with E-state index in [0.717, 1.165) is 29.8 Å². The van der Waals surface area contributed by atoms with Gasteiger partial charge in [-0.15, -0.1) is 0 Å². The minimum absolute atomic E-state index is 0.498. The van der Waals surface area contributed by atoms with Crippen molar-refractivity contribution in [2.75, 3.05) is 33.2 Å². The van der Waals surface area contributed by atoms with E-state index in [1.54, 1.807) is 4.31 Å². The van der Waals surface area contributed by atoms with Gasteiger partial charge in [0, 0.05) is 0 Å². The van der Waals surface area contributed by atoms with Crippen molar-refractivity contribution in [2.45, 2.75) is 25.7 Å². The van der Waals surface area contributed by atoms with Crippen molar-refractivity contribution < 1.29 is 13.3 Å². The van der Waals surface area contributed by atoms with Crippen LogP contribution in [0.25, 0.3) is 0 Å². The Kier molecular flexibility index (Phi) is 3.99. The molecule has 0 bridgehead atoms. The molecule has 0 unspecified atom stereocenters. The summed E-state index contributed by atoms with van der Waals surface area (Å²) in [5.41, 5.74) is 2.81. The van der Waals surface area contributed by atoms with E-state index in [1.165, 1.54) is 4.90 Å². The van der Waals surface area contributed by atoms with Crippen molar-refractivity contribution in [3.05, 3.63) is 28.8 Å². The molecule has 0 amide bonds. The lowest BCUT2D eigenvalue weighted by atomic mass is 10.1. The highest BCUT2D eigenvalue weighted by Gasteiger charge is 2.31. The molecule has 2 rings (SSSR count). The number of hydrogen-bond donors (Lipinski definition) is 1. The molecule has 0 saturated carbocycles. The first-order valence-corrected chi connectivity index (χ1v) is 8.15. The van der Waals surface area contributed by atoms with E-state index < -0.39 is 10.0 Å². The molecule has 1 aromatic carbocycles. The van der Waals surface area contributed by atoms with E-state index in [0.29, 0.717) is 18.0 Å². The Morgan fingerprint density at radius 2 is 1.53 bits per heavy atom. The lowest BCUT2D eigenvalue weighted by Gasteiger charge is -2.30. The number of piperazine rings is 1. The molecule has 1 fully saturated rings. The van der Waals surface area contributed by atoms with Crippen LogP contribution in [0, 0.1) is 20.8 Å². The number of likely N-dealkylation sites (N-methyl/N-ethyl adjacent to an activating group) is 1. The number of hydrogen-bond acceptors (Lipinski definition) is 2. The van der Waals surface area contributed by atoms with Gasteiger partial charge < -0.3 is 4.90 Å². The van der Waals surface area contributed by atoms with Gasteiger partial charge in [0.05, 0.1) is 38.1 Å². The molecular weight excluding hydrogens is 260 g/mol. The molecule has 1 aromatic rings. The summed E-state index contributed by atoms with van der Waals surface area (Å²) in [5, 5.41) is 0. The predicted molar refractivity (Wildman–Crippen MR) is 76.0 cm³/mol. The number of quaternary nitrogens is 1. The van der Waals surface area contributed by atoms with E-state index in [2.05, 4.69) is 7.05 Å². The van der Waals surface area contributed by atoms with Crippen LogP contribution in [0.3, 0.4) is 0 Å². The molecule has 1 heterocycles. The Morgan fingerprint density at radius 3 is 2.00 bits per heavy atom. The highest BCUT2D eigenvalue weighted by Crippen LogP contribution is 2.25. The second-order valence-electron chi connectivity index (χ2n) is 5.59. The molecule has 0 spiro atoms. The summed E-state index contributed by atoms with van der Waals surface area (Å²) in [6, 6.07) is 3.89. The van der Waals surface area contributed by atoms with Crippen LogP contribution in [0.4, 0.5) is 0 Å². The number of sulfonamides is 1. The van der Waals surface area contributed by atoms with Gasteiger partial charge in [-0.2, -0.15) is 4.31 Å². The van der Waals surface area contributed by atoms with Gasteiger partial charge in [0.2, 0.25) is 10.0 Å². The summed E-state index contributed by atoms with van der Waals surface area (Å²) in [6.07, 6.45) is 0. The molecule has 1 N–H and O–H groups in total. The molecule has 0 aromatic heterocycles. The minimum atomic E-state index is -3.34. The fourth-order valence-electron chi connectivity index (χ4n) is 2.81. The third-order valence-corrected chi connectivity index (χ3v) is 5.98. The quantitative estimate of drug-likeness (QED) is 0.838. The van der Waals surface area contributed by atoms with Crippen LogP contribution < -0.4 is 4.90 Å². The van der Waals surface area contributed by atoms with Gasteiger partial charge in [0.25, 0.3) is 0 Å². The maximum Gasteiger partial charge on any atom is 0.244 e. The first kappa shape index (κ1) is 14.5. The zero-order chi connectivity index (χ0) is 14.2. The molecule has 19 heavy (non-hydrogen) atoms. The molecule has 0 radical (unpaired) electrons. The number of aryl methyl sites for hydroxylation is 3. The van der Waals surface area contributed by atoms with Gasteiger partial charge in [-0.05, 0) is 31.9 Å².